The summed E-state index contributed by atoms with van der Waals surface area (Å²) in [5.74, 6) is -0.509. The molecule has 1 N–H and O–H groups in total. The van der Waals surface area contributed by atoms with Crippen LogP contribution < -0.4 is 10.9 Å². The Labute approximate surface area is 148 Å². The summed E-state index contributed by atoms with van der Waals surface area (Å²) in [7, 11) is 0. The van der Waals surface area contributed by atoms with Crippen LogP contribution in [-0.2, 0) is 16.1 Å². The molecule has 0 saturated heterocycles. The van der Waals surface area contributed by atoms with Gasteiger partial charge in [0.25, 0.3) is 5.56 Å². The number of aromatic nitrogens is 3. The van der Waals surface area contributed by atoms with Crippen LogP contribution in [0.1, 0.15) is 26.9 Å². The molecule has 2 aromatic rings. The van der Waals surface area contributed by atoms with Gasteiger partial charge in [0.2, 0.25) is 5.91 Å². The van der Waals surface area contributed by atoms with Gasteiger partial charge in [-0.15, -0.1) is 0 Å². The van der Waals surface area contributed by atoms with E-state index < -0.39 is 11.9 Å². The van der Waals surface area contributed by atoms with Crippen molar-refractivity contribution in [3.05, 3.63) is 51.2 Å². The molecule has 0 aliphatic carbocycles. The molecule has 0 spiro atoms. The molecular formula is C16H18N4O4S. The zero-order valence-corrected chi connectivity index (χ0v) is 15.0. The molecule has 0 aromatic carbocycles. The predicted octanol–water partition coefficient (Wildman–Crippen LogP) is 1.61. The normalized spacial score (nSPS) is 10.4. The molecule has 0 aliphatic heterocycles. The van der Waals surface area contributed by atoms with E-state index in [0.717, 1.165) is 11.3 Å². The van der Waals surface area contributed by atoms with Crippen molar-refractivity contribution in [2.24, 2.45) is 0 Å². The Hall–Kier alpha value is -2.81. The first-order chi connectivity index (χ1) is 11.8. The first-order valence-electron chi connectivity index (χ1n) is 7.42. The van der Waals surface area contributed by atoms with E-state index in [4.69, 9.17) is 4.74 Å². The highest BCUT2D eigenvalue weighted by Gasteiger charge is 2.18. The van der Waals surface area contributed by atoms with E-state index in [1.807, 2.05) is 0 Å². The Bertz CT molecular complexity index is 885. The van der Waals surface area contributed by atoms with Crippen molar-refractivity contribution in [3.8, 4) is 0 Å². The van der Waals surface area contributed by atoms with E-state index in [2.05, 4.69) is 21.9 Å². The summed E-state index contributed by atoms with van der Waals surface area (Å²) in [6.07, 6.45) is 1.46. The van der Waals surface area contributed by atoms with Crippen molar-refractivity contribution >= 4 is 28.3 Å². The highest BCUT2D eigenvalue weighted by Crippen LogP contribution is 2.23. The molecule has 0 saturated carbocycles. The number of aryl methyl sites for hydroxylation is 3. The van der Waals surface area contributed by atoms with Crippen LogP contribution in [0.5, 0.6) is 0 Å². The molecule has 0 atom stereocenters. The number of anilines is 1. The summed E-state index contributed by atoms with van der Waals surface area (Å²) >= 11 is 1.01. The van der Waals surface area contributed by atoms with Gasteiger partial charge in [0, 0.05) is 11.8 Å². The molecule has 8 nitrogen and oxygen atoms in total. The number of carbonyl (C=O) groups is 2. The number of nitrogens with zero attached hydrogens (tertiary/aromatic N) is 3. The number of hydrogen-bond donors (Lipinski definition) is 1. The zero-order valence-electron chi connectivity index (χ0n) is 14.2. The average Bonchev–Trinajstić information content (AvgIpc) is 2.89. The maximum Gasteiger partial charge on any atom is 0.350 e. The second kappa shape index (κ2) is 7.84. The van der Waals surface area contributed by atoms with Crippen LogP contribution in [0, 0.1) is 20.8 Å². The van der Waals surface area contributed by atoms with E-state index in [1.165, 1.54) is 16.7 Å². The van der Waals surface area contributed by atoms with Crippen LogP contribution in [0.15, 0.2) is 23.5 Å². The second-order valence-electron chi connectivity index (χ2n) is 5.24. The monoisotopic (exact) mass is 362 g/mol. The Morgan fingerprint density at radius 2 is 2.08 bits per heavy atom. The Kier molecular flexibility index (Phi) is 5.81. The first-order valence-corrected chi connectivity index (χ1v) is 8.24. The fourth-order valence-electron chi connectivity index (χ4n) is 2.10. The topological polar surface area (TPSA) is 103 Å². The lowest BCUT2D eigenvalue weighted by atomic mass is 10.4. The standard InChI is InChI=1S/C16H18N4O4S/c1-5-6-24-15(23)14-10(3)18-16(25-14)19-12(21)8-20-11(4)17-9(2)7-13(20)22/h5,7H,1,6,8H2,2-4H3,(H,18,19,21). The molecular weight excluding hydrogens is 344 g/mol. The Morgan fingerprint density at radius 3 is 2.72 bits per heavy atom. The summed E-state index contributed by atoms with van der Waals surface area (Å²) in [4.78, 5) is 44.6. The number of hydrogen-bond acceptors (Lipinski definition) is 7. The predicted molar refractivity (Wildman–Crippen MR) is 93.9 cm³/mol. The minimum Gasteiger partial charge on any atom is -0.457 e. The van der Waals surface area contributed by atoms with Crippen molar-refractivity contribution in [2.45, 2.75) is 27.3 Å². The summed E-state index contributed by atoms with van der Waals surface area (Å²) < 4.78 is 6.23. The van der Waals surface area contributed by atoms with Gasteiger partial charge in [0.15, 0.2) is 5.13 Å². The number of amides is 1. The van der Waals surface area contributed by atoms with Crippen molar-refractivity contribution in [1.82, 2.24) is 14.5 Å². The fourth-order valence-corrected chi connectivity index (χ4v) is 2.97. The van der Waals surface area contributed by atoms with Crippen molar-refractivity contribution in [2.75, 3.05) is 11.9 Å². The number of rotatable bonds is 6. The number of ether oxygens (including phenoxy) is 1. The van der Waals surface area contributed by atoms with Gasteiger partial charge in [0.1, 0.15) is 23.9 Å². The Balaban J connectivity index is 2.10. The highest BCUT2D eigenvalue weighted by atomic mass is 32.1. The van der Waals surface area contributed by atoms with E-state index in [-0.39, 0.29) is 23.8 Å². The summed E-state index contributed by atoms with van der Waals surface area (Å²) in [5, 5.41) is 2.85. The molecule has 2 heterocycles. The molecule has 25 heavy (non-hydrogen) atoms. The first kappa shape index (κ1) is 18.5. The van der Waals surface area contributed by atoms with Crippen molar-refractivity contribution < 1.29 is 14.3 Å². The van der Waals surface area contributed by atoms with E-state index in [9.17, 15) is 14.4 Å². The van der Waals surface area contributed by atoms with Crippen molar-refractivity contribution in [1.29, 1.82) is 0 Å². The van der Waals surface area contributed by atoms with Gasteiger partial charge in [0.05, 0.1) is 5.69 Å². The molecule has 9 heteroatoms. The Morgan fingerprint density at radius 1 is 1.36 bits per heavy atom. The van der Waals surface area contributed by atoms with Crippen LogP contribution in [-0.4, -0.2) is 33.0 Å². The SMILES string of the molecule is C=CCOC(=O)c1sc(NC(=O)Cn2c(C)nc(C)cc2=O)nc1C. The second-order valence-corrected chi connectivity index (χ2v) is 6.24. The third-order valence-corrected chi connectivity index (χ3v) is 4.24. The van der Waals surface area contributed by atoms with E-state index >= 15 is 0 Å². The minimum atomic E-state index is -0.523. The largest absolute Gasteiger partial charge is 0.457 e. The number of carbonyl (C=O) groups excluding carboxylic acids is 2. The molecule has 132 valence electrons. The lowest BCUT2D eigenvalue weighted by Gasteiger charge is -2.08. The lowest BCUT2D eigenvalue weighted by molar-refractivity contribution is -0.116. The van der Waals surface area contributed by atoms with Gasteiger partial charge >= 0.3 is 5.97 Å². The smallest absolute Gasteiger partial charge is 0.350 e. The molecule has 0 bridgehead atoms. The summed E-state index contributed by atoms with van der Waals surface area (Å²) in [6.45, 7) is 8.40. The van der Waals surface area contributed by atoms with Gasteiger partial charge in [-0.1, -0.05) is 24.0 Å². The van der Waals surface area contributed by atoms with Gasteiger partial charge in [-0.25, -0.2) is 14.8 Å². The molecule has 0 radical (unpaired) electrons. The minimum absolute atomic E-state index is 0.0977. The van der Waals surface area contributed by atoms with Gasteiger partial charge in [-0.2, -0.15) is 0 Å². The van der Waals surface area contributed by atoms with Crippen LogP contribution in [0.2, 0.25) is 0 Å². The maximum absolute atomic E-state index is 12.2. The summed E-state index contributed by atoms with van der Waals surface area (Å²) in [6, 6.07) is 1.36. The third kappa shape index (κ3) is 4.60. The molecule has 0 aliphatic rings. The molecule has 0 fully saturated rings. The van der Waals surface area contributed by atoms with E-state index in [0.29, 0.717) is 22.1 Å². The fraction of sp³-hybridized carbons (Fsp3) is 0.312. The van der Waals surface area contributed by atoms with Gasteiger partial charge < -0.3 is 10.1 Å². The molecule has 2 rings (SSSR count). The van der Waals surface area contributed by atoms with Crippen LogP contribution in [0.25, 0.3) is 0 Å². The van der Waals surface area contributed by atoms with E-state index in [1.54, 1.807) is 20.8 Å². The third-order valence-electron chi connectivity index (χ3n) is 3.19. The van der Waals surface area contributed by atoms with Crippen LogP contribution >= 0.6 is 11.3 Å². The van der Waals surface area contributed by atoms with Crippen LogP contribution in [0.3, 0.4) is 0 Å². The quantitative estimate of drug-likeness (QED) is 0.618. The molecule has 1 amide bonds. The number of nitrogens with one attached hydrogen (secondary N) is 1. The maximum atomic E-state index is 12.2. The molecule has 0 unspecified atom stereocenters. The molecule has 2 aromatic heterocycles. The highest BCUT2D eigenvalue weighted by molar-refractivity contribution is 7.17. The van der Waals surface area contributed by atoms with Gasteiger partial charge in [-0.3, -0.25) is 14.2 Å². The number of esters is 1. The number of thiazole rings is 1. The summed E-state index contributed by atoms with van der Waals surface area (Å²) in [5.41, 5.74) is 0.751. The lowest BCUT2D eigenvalue weighted by Crippen LogP contribution is -2.29. The van der Waals surface area contributed by atoms with Gasteiger partial charge in [-0.05, 0) is 20.8 Å². The average molecular weight is 362 g/mol. The zero-order chi connectivity index (χ0) is 18.6. The van der Waals surface area contributed by atoms with Crippen molar-refractivity contribution in [3.63, 3.8) is 0 Å². The van der Waals surface area contributed by atoms with Crippen LogP contribution in [0.4, 0.5) is 5.13 Å².